The fourth-order valence-corrected chi connectivity index (χ4v) is 3.95. The highest BCUT2D eigenvalue weighted by Gasteiger charge is 2.47. The minimum atomic E-state index is -0.867. The number of ether oxygens (including phenoxy) is 2. The van der Waals surface area contributed by atoms with E-state index in [2.05, 4.69) is 10.3 Å². The molecule has 1 fully saturated rings. The lowest BCUT2D eigenvalue weighted by molar-refractivity contribution is -0.111. The second-order valence-corrected chi connectivity index (χ2v) is 7.72. The number of hydrogen-bond donors (Lipinski definition) is 2. The van der Waals surface area contributed by atoms with Crippen molar-refractivity contribution >= 4 is 5.69 Å². The lowest BCUT2D eigenvalue weighted by Crippen LogP contribution is -2.58. The lowest BCUT2D eigenvalue weighted by Gasteiger charge is -2.45. The molecule has 1 atom stereocenters. The molecule has 156 valence electrons. The van der Waals surface area contributed by atoms with Crippen LogP contribution in [0.25, 0.3) is 11.1 Å². The number of aromatic nitrogens is 1. The predicted octanol–water partition coefficient (Wildman–Crippen LogP) is 4.21. The first kappa shape index (κ1) is 20.3. The molecule has 0 saturated carbocycles. The van der Waals surface area contributed by atoms with Gasteiger partial charge in [-0.3, -0.25) is 0 Å². The van der Waals surface area contributed by atoms with Crippen molar-refractivity contribution in [1.82, 2.24) is 4.98 Å². The largest absolute Gasteiger partial charge is 0.481 e. The third kappa shape index (κ3) is 3.64. The summed E-state index contributed by atoms with van der Waals surface area (Å²) < 4.78 is 23.9. The molecule has 0 amide bonds. The molecule has 0 bridgehead atoms. The topological polar surface area (TPSA) is 63.6 Å². The molecule has 2 N–H and O–H groups in total. The average Bonchev–Trinajstić information content (AvgIpc) is 2.69. The van der Waals surface area contributed by atoms with E-state index in [1.165, 1.54) is 12.1 Å². The Morgan fingerprint density at radius 3 is 2.30 bits per heavy atom. The summed E-state index contributed by atoms with van der Waals surface area (Å²) in [6, 6.07) is 16.0. The summed E-state index contributed by atoms with van der Waals surface area (Å²) >= 11 is 0. The van der Waals surface area contributed by atoms with E-state index in [4.69, 9.17) is 9.47 Å². The lowest BCUT2D eigenvalue weighted by atomic mass is 9.76. The van der Waals surface area contributed by atoms with Gasteiger partial charge >= 0.3 is 0 Å². The molecule has 1 aliphatic rings. The summed E-state index contributed by atoms with van der Waals surface area (Å²) in [5.41, 5.74) is 5.20. The van der Waals surface area contributed by atoms with Crippen LogP contribution in [0.1, 0.15) is 16.8 Å². The molecule has 1 aromatic heterocycles. The van der Waals surface area contributed by atoms with Crippen LogP contribution in [0.2, 0.25) is 0 Å². The van der Waals surface area contributed by atoms with Crippen molar-refractivity contribution in [3.05, 3.63) is 77.2 Å². The molecule has 1 unspecified atom stereocenters. The van der Waals surface area contributed by atoms with Crippen LogP contribution in [0, 0.1) is 19.7 Å². The second kappa shape index (κ2) is 8.05. The zero-order chi connectivity index (χ0) is 21.3. The maximum absolute atomic E-state index is 13.2. The zero-order valence-corrected chi connectivity index (χ0v) is 17.3. The number of halogens is 1. The standard InChI is InChI=1S/C24H25FN2O3/c1-15-12-21(29-3)26-16(2)22(15)17-4-6-18(7-5-17)24(13-30-14-24)23(28)27-20-10-8-19(25)9-11-20/h4-12,23,27-28H,13-14H2,1-3H3. The third-order valence-corrected chi connectivity index (χ3v) is 5.72. The Bertz CT molecular complexity index is 1010. The molecule has 2 heterocycles. The number of anilines is 1. The van der Waals surface area contributed by atoms with E-state index in [0.717, 1.165) is 27.9 Å². The maximum Gasteiger partial charge on any atom is 0.213 e. The van der Waals surface area contributed by atoms with Gasteiger partial charge in [-0.05, 0) is 54.8 Å². The average molecular weight is 408 g/mol. The molecule has 0 aliphatic carbocycles. The maximum atomic E-state index is 13.2. The summed E-state index contributed by atoms with van der Waals surface area (Å²) in [5.74, 6) is 0.289. The van der Waals surface area contributed by atoms with Gasteiger partial charge in [0.15, 0.2) is 0 Å². The van der Waals surface area contributed by atoms with E-state index in [0.29, 0.717) is 24.8 Å². The minimum absolute atomic E-state index is 0.314. The van der Waals surface area contributed by atoms with E-state index in [9.17, 15) is 9.50 Å². The van der Waals surface area contributed by atoms with Gasteiger partial charge in [0.05, 0.1) is 25.7 Å². The first-order valence-corrected chi connectivity index (χ1v) is 9.84. The van der Waals surface area contributed by atoms with Gasteiger partial charge in [0.1, 0.15) is 12.0 Å². The zero-order valence-electron chi connectivity index (χ0n) is 17.3. The van der Waals surface area contributed by atoms with Crippen molar-refractivity contribution < 1.29 is 19.0 Å². The number of aryl methyl sites for hydroxylation is 2. The van der Waals surface area contributed by atoms with Crippen LogP contribution in [0.4, 0.5) is 10.1 Å². The van der Waals surface area contributed by atoms with E-state index < -0.39 is 11.6 Å². The van der Waals surface area contributed by atoms with Gasteiger partial charge in [0.2, 0.25) is 5.88 Å². The quantitative estimate of drug-likeness (QED) is 0.598. The molecule has 5 nitrogen and oxygen atoms in total. The number of rotatable bonds is 6. The molecule has 0 spiro atoms. The van der Waals surface area contributed by atoms with E-state index in [-0.39, 0.29) is 5.82 Å². The molecule has 2 aromatic carbocycles. The number of aliphatic hydroxyl groups is 1. The summed E-state index contributed by atoms with van der Waals surface area (Å²) in [6.45, 7) is 4.82. The number of methoxy groups -OCH3 is 1. The minimum Gasteiger partial charge on any atom is -0.481 e. The van der Waals surface area contributed by atoms with Crippen molar-refractivity contribution in [2.75, 3.05) is 25.6 Å². The third-order valence-electron chi connectivity index (χ3n) is 5.72. The van der Waals surface area contributed by atoms with Crippen molar-refractivity contribution in [2.45, 2.75) is 25.5 Å². The van der Waals surface area contributed by atoms with Crippen LogP contribution in [0.3, 0.4) is 0 Å². The number of pyridine rings is 1. The van der Waals surface area contributed by atoms with Gasteiger partial charge in [-0.15, -0.1) is 0 Å². The highest BCUT2D eigenvalue weighted by Crippen LogP contribution is 2.38. The van der Waals surface area contributed by atoms with Crippen LogP contribution in [0.15, 0.2) is 54.6 Å². The first-order chi connectivity index (χ1) is 14.4. The molecule has 1 saturated heterocycles. The van der Waals surface area contributed by atoms with Crippen molar-refractivity contribution in [1.29, 1.82) is 0 Å². The molecular weight excluding hydrogens is 383 g/mol. The summed E-state index contributed by atoms with van der Waals surface area (Å²) in [4.78, 5) is 4.49. The molecular formula is C24H25FN2O3. The fourth-order valence-electron chi connectivity index (χ4n) is 3.95. The Labute approximate surface area is 175 Å². The Hall–Kier alpha value is -2.96. The van der Waals surface area contributed by atoms with E-state index >= 15 is 0 Å². The van der Waals surface area contributed by atoms with Gasteiger partial charge < -0.3 is 19.9 Å². The number of benzene rings is 2. The van der Waals surface area contributed by atoms with Crippen molar-refractivity contribution in [3.63, 3.8) is 0 Å². The van der Waals surface area contributed by atoms with Crippen LogP contribution >= 0.6 is 0 Å². The van der Waals surface area contributed by atoms with Crippen LogP contribution < -0.4 is 10.1 Å². The fraction of sp³-hybridized carbons (Fsp3) is 0.292. The molecule has 4 rings (SSSR count). The monoisotopic (exact) mass is 408 g/mol. The number of aliphatic hydroxyl groups excluding tert-OH is 1. The van der Waals surface area contributed by atoms with Gasteiger partial charge in [-0.1, -0.05) is 24.3 Å². The summed E-state index contributed by atoms with van der Waals surface area (Å²) in [7, 11) is 1.61. The number of hydrogen-bond acceptors (Lipinski definition) is 5. The Morgan fingerprint density at radius 2 is 1.77 bits per heavy atom. The SMILES string of the molecule is COc1cc(C)c(-c2ccc(C3(C(O)Nc4ccc(F)cc4)COC3)cc2)c(C)n1. The van der Waals surface area contributed by atoms with Crippen LogP contribution in [-0.4, -0.2) is 36.6 Å². The molecule has 0 radical (unpaired) electrons. The smallest absolute Gasteiger partial charge is 0.213 e. The summed E-state index contributed by atoms with van der Waals surface area (Å²) in [5, 5.41) is 14.0. The van der Waals surface area contributed by atoms with Gasteiger partial charge in [0.25, 0.3) is 0 Å². The predicted molar refractivity (Wildman–Crippen MR) is 114 cm³/mol. The Morgan fingerprint density at radius 1 is 1.10 bits per heavy atom. The van der Waals surface area contributed by atoms with E-state index in [1.54, 1.807) is 19.2 Å². The highest BCUT2D eigenvalue weighted by molar-refractivity contribution is 5.70. The van der Waals surface area contributed by atoms with Crippen molar-refractivity contribution in [3.8, 4) is 17.0 Å². The molecule has 1 aliphatic heterocycles. The summed E-state index contributed by atoms with van der Waals surface area (Å²) in [6.07, 6.45) is -0.867. The normalized spacial score (nSPS) is 15.9. The van der Waals surface area contributed by atoms with Crippen LogP contribution in [0.5, 0.6) is 5.88 Å². The Balaban J connectivity index is 1.60. The molecule has 3 aromatic rings. The molecule has 6 heteroatoms. The highest BCUT2D eigenvalue weighted by atomic mass is 19.1. The van der Waals surface area contributed by atoms with Gasteiger partial charge in [-0.25, -0.2) is 9.37 Å². The number of nitrogens with one attached hydrogen (secondary N) is 1. The number of nitrogens with zero attached hydrogens (tertiary/aromatic N) is 1. The van der Waals surface area contributed by atoms with Crippen molar-refractivity contribution in [2.24, 2.45) is 0 Å². The van der Waals surface area contributed by atoms with Crippen LogP contribution in [-0.2, 0) is 10.2 Å². The van der Waals surface area contributed by atoms with Gasteiger partial charge in [0, 0.05) is 23.0 Å². The first-order valence-electron chi connectivity index (χ1n) is 9.84. The van der Waals surface area contributed by atoms with E-state index in [1.807, 2.05) is 44.2 Å². The Kier molecular flexibility index (Phi) is 5.45. The van der Waals surface area contributed by atoms with Gasteiger partial charge in [-0.2, -0.15) is 0 Å². The second-order valence-electron chi connectivity index (χ2n) is 7.72. The molecule has 30 heavy (non-hydrogen) atoms.